The van der Waals surface area contributed by atoms with Gasteiger partial charge in [-0.05, 0) is 35.5 Å². The topological polar surface area (TPSA) is 29.5 Å². The molecule has 2 rings (SSSR count). The van der Waals surface area contributed by atoms with Crippen molar-refractivity contribution in [3.8, 4) is 0 Å². The summed E-state index contributed by atoms with van der Waals surface area (Å²) in [5.41, 5.74) is 3.23. The Morgan fingerprint density at radius 3 is 2.29 bits per heavy atom. The summed E-state index contributed by atoms with van der Waals surface area (Å²) >= 11 is 0. The summed E-state index contributed by atoms with van der Waals surface area (Å²) < 4.78 is 5.26. The van der Waals surface area contributed by atoms with Crippen molar-refractivity contribution in [1.82, 2.24) is 0 Å². The highest BCUT2D eigenvalue weighted by Crippen LogP contribution is 2.28. The molecule has 1 aromatic rings. The Morgan fingerprint density at radius 1 is 1.12 bits per heavy atom. The maximum atomic E-state index is 10.2. The first-order valence-electron chi connectivity index (χ1n) is 6.27. The van der Waals surface area contributed by atoms with Crippen molar-refractivity contribution in [2.75, 3.05) is 6.61 Å². The van der Waals surface area contributed by atoms with Crippen molar-refractivity contribution >= 4 is 0 Å². The molecule has 1 aliphatic rings. The number of rotatable bonds is 3. The van der Waals surface area contributed by atoms with E-state index < -0.39 is 6.10 Å². The van der Waals surface area contributed by atoms with Crippen molar-refractivity contribution in [2.45, 2.75) is 38.7 Å². The normalized spacial score (nSPS) is 17.5. The maximum Gasteiger partial charge on any atom is 0.103 e. The molecule has 0 aromatic heterocycles. The van der Waals surface area contributed by atoms with E-state index >= 15 is 0 Å². The molecule has 1 unspecified atom stereocenters. The van der Waals surface area contributed by atoms with Gasteiger partial charge in [0.15, 0.2) is 0 Å². The van der Waals surface area contributed by atoms with Crippen LogP contribution >= 0.6 is 0 Å². The van der Waals surface area contributed by atoms with E-state index in [9.17, 15) is 5.11 Å². The standard InChI is InChI=1S/C15H20O2/c1-11(2)12-5-7-13(8-6-12)15(16)14-4-3-9-17-10-14/h5-8,10-11,15-16H,3-4,9H2,1-2H3. The van der Waals surface area contributed by atoms with Crippen LogP contribution in [0.15, 0.2) is 36.1 Å². The van der Waals surface area contributed by atoms with Crippen molar-refractivity contribution in [1.29, 1.82) is 0 Å². The zero-order valence-electron chi connectivity index (χ0n) is 10.5. The number of ether oxygens (including phenoxy) is 1. The van der Waals surface area contributed by atoms with E-state index in [0.29, 0.717) is 5.92 Å². The Labute approximate surface area is 103 Å². The van der Waals surface area contributed by atoms with Crippen LogP contribution in [0.5, 0.6) is 0 Å². The van der Waals surface area contributed by atoms with E-state index in [0.717, 1.165) is 30.6 Å². The van der Waals surface area contributed by atoms with Gasteiger partial charge in [0.25, 0.3) is 0 Å². The molecule has 0 radical (unpaired) electrons. The van der Waals surface area contributed by atoms with Crippen LogP contribution in [-0.4, -0.2) is 11.7 Å². The van der Waals surface area contributed by atoms with Crippen LogP contribution in [0, 0.1) is 0 Å². The number of hydrogen-bond acceptors (Lipinski definition) is 2. The highest BCUT2D eigenvalue weighted by atomic mass is 16.5. The third-order valence-electron chi connectivity index (χ3n) is 3.23. The number of aliphatic hydroxyl groups excluding tert-OH is 1. The Morgan fingerprint density at radius 2 is 1.76 bits per heavy atom. The van der Waals surface area contributed by atoms with Crippen molar-refractivity contribution < 1.29 is 9.84 Å². The summed E-state index contributed by atoms with van der Waals surface area (Å²) in [7, 11) is 0. The predicted octanol–water partition coefficient (Wildman–Crippen LogP) is 3.54. The van der Waals surface area contributed by atoms with Gasteiger partial charge in [-0.3, -0.25) is 0 Å². The quantitative estimate of drug-likeness (QED) is 0.863. The first-order valence-corrected chi connectivity index (χ1v) is 6.27. The Hall–Kier alpha value is -1.28. The van der Waals surface area contributed by atoms with Crippen LogP contribution in [0.1, 0.15) is 49.8 Å². The van der Waals surface area contributed by atoms with Gasteiger partial charge in [0.2, 0.25) is 0 Å². The molecule has 17 heavy (non-hydrogen) atoms. The lowest BCUT2D eigenvalue weighted by Crippen LogP contribution is -2.07. The van der Waals surface area contributed by atoms with Crippen molar-refractivity contribution in [3.05, 3.63) is 47.2 Å². The predicted molar refractivity (Wildman–Crippen MR) is 68.8 cm³/mol. The molecule has 0 spiro atoms. The molecule has 1 aromatic carbocycles. The second kappa shape index (κ2) is 5.37. The third-order valence-corrected chi connectivity index (χ3v) is 3.23. The molecular formula is C15H20O2. The molecule has 1 heterocycles. The van der Waals surface area contributed by atoms with Crippen LogP contribution in [-0.2, 0) is 4.74 Å². The molecule has 0 aliphatic carbocycles. The first-order chi connectivity index (χ1) is 8.18. The molecule has 2 nitrogen and oxygen atoms in total. The van der Waals surface area contributed by atoms with Gasteiger partial charge in [-0.2, -0.15) is 0 Å². The molecule has 2 heteroatoms. The van der Waals surface area contributed by atoms with Crippen molar-refractivity contribution in [3.63, 3.8) is 0 Å². The fraction of sp³-hybridized carbons (Fsp3) is 0.467. The molecule has 1 aliphatic heterocycles. The van der Waals surface area contributed by atoms with Crippen LogP contribution < -0.4 is 0 Å². The lowest BCUT2D eigenvalue weighted by Gasteiger charge is -2.19. The largest absolute Gasteiger partial charge is 0.501 e. The van der Waals surface area contributed by atoms with Crippen LogP contribution in [0.3, 0.4) is 0 Å². The number of benzene rings is 1. The summed E-state index contributed by atoms with van der Waals surface area (Å²) in [6, 6.07) is 8.20. The highest BCUT2D eigenvalue weighted by molar-refractivity contribution is 5.30. The molecule has 1 N–H and O–H groups in total. The molecule has 0 amide bonds. The van der Waals surface area contributed by atoms with Gasteiger partial charge in [-0.15, -0.1) is 0 Å². The zero-order valence-corrected chi connectivity index (χ0v) is 10.5. The van der Waals surface area contributed by atoms with Crippen LogP contribution in [0.2, 0.25) is 0 Å². The van der Waals surface area contributed by atoms with Gasteiger partial charge in [0, 0.05) is 0 Å². The van der Waals surface area contributed by atoms with Gasteiger partial charge >= 0.3 is 0 Å². The lowest BCUT2D eigenvalue weighted by molar-refractivity contribution is 0.170. The zero-order chi connectivity index (χ0) is 12.3. The number of aliphatic hydroxyl groups is 1. The second-order valence-electron chi connectivity index (χ2n) is 4.89. The minimum Gasteiger partial charge on any atom is -0.501 e. The summed E-state index contributed by atoms with van der Waals surface area (Å²) in [6.45, 7) is 5.11. The molecule has 92 valence electrons. The molecule has 0 saturated heterocycles. The average molecular weight is 232 g/mol. The minimum absolute atomic E-state index is 0.517. The summed E-state index contributed by atoms with van der Waals surface area (Å²) in [5, 5.41) is 10.2. The fourth-order valence-electron chi connectivity index (χ4n) is 2.06. The Bertz CT molecular complexity index is 390. The second-order valence-corrected chi connectivity index (χ2v) is 4.89. The van der Waals surface area contributed by atoms with Crippen molar-refractivity contribution in [2.24, 2.45) is 0 Å². The monoisotopic (exact) mass is 232 g/mol. The van der Waals surface area contributed by atoms with Crippen LogP contribution in [0.4, 0.5) is 0 Å². The fourth-order valence-corrected chi connectivity index (χ4v) is 2.06. The molecule has 0 bridgehead atoms. The van der Waals surface area contributed by atoms with E-state index in [1.54, 1.807) is 6.26 Å². The van der Waals surface area contributed by atoms with Gasteiger partial charge in [-0.1, -0.05) is 38.1 Å². The van der Waals surface area contributed by atoms with E-state index in [4.69, 9.17) is 4.74 Å². The molecule has 0 saturated carbocycles. The lowest BCUT2D eigenvalue weighted by atomic mass is 9.95. The smallest absolute Gasteiger partial charge is 0.103 e. The summed E-state index contributed by atoms with van der Waals surface area (Å²) in [5.74, 6) is 0.526. The van der Waals surface area contributed by atoms with Gasteiger partial charge in [0.05, 0.1) is 12.9 Å². The molecule has 0 fully saturated rings. The maximum absolute atomic E-state index is 10.2. The van der Waals surface area contributed by atoms with Crippen LogP contribution in [0.25, 0.3) is 0 Å². The van der Waals surface area contributed by atoms with E-state index in [1.165, 1.54) is 5.56 Å². The average Bonchev–Trinajstić information content (AvgIpc) is 2.39. The Balaban J connectivity index is 2.13. The van der Waals surface area contributed by atoms with E-state index in [2.05, 4.69) is 26.0 Å². The van der Waals surface area contributed by atoms with E-state index in [-0.39, 0.29) is 0 Å². The number of hydrogen-bond donors (Lipinski definition) is 1. The highest BCUT2D eigenvalue weighted by Gasteiger charge is 2.16. The first kappa shape index (κ1) is 12.2. The molecular weight excluding hydrogens is 212 g/mol. The Kier molecular flexibility index (Phi) is 3.85. The summed E-state index contributed by atoms with van der Waals surface area (Å²) in [4.78, 5) is 0. The molecule has 1 atom stereocenters. The minimum atomic E-state index is -0.517. The summed E-state index contributed by atoms with van der Waals surface area (Å²) in [6.07, 6.45) is 3.11. The SMILES string of the molecule is CC(C)c1ccc(C(O)C2=COCCC2)cc1. The van der Waals surface area contributed by atoms with Gasteiger partial charge < -0.3 is 9.84 Å². The van der Waals surface area contributed by atoms with Gasteiger partial charge in [-0.25, -0.2) is 0 Å². The third kappa shape index (κ3) is 2.89. The van der Waals surface area contributed by atoms with E-state index in [1.807, 2.05) is 12.1 Å². The van der Waals surface area contributed by atoms with Gasteiger partial charge in [0.1, 0.15) is 6.10 Å².